The fraction of sp³-hybridized carbons (Fsp3) is 0.667. The Morgan fingerprint density at radius 1 is 1.38 bits per heavy atom. The largest absolute Gasteiger partial charge is 0.295 e. The molecule has 1 aliphatic carbocycles. The van der Waals surface area contributed by atoms with Gasteiger partial charge in [0.1, 0.15) is 5.92 Å². The minimum absolute atomic E-state index is 0.235. The Bertz CT molecular complexity index is 310. The highest BCUT2D eigenvalue weighted by molar-refractivity contribution is 6.08. The van der Waals surface area contributed by atoms with Crippen LogP contribution in [0.4, 0.5) is 0 Å². The second-order valence-corrected chi connectivity index (χ2v) is 3.74. The second-order valence-electron chi connectivity index (χ2n) is 3.74. The molecule has 1 heterocycles. The normalized spacial score (nSPS) is 30.5. The summed E-state index contributed by atoms with van der Waals surface area (Å²) in [5.41, 5.74) is -0.675. The number of hydrogen-bond acceptors (Lipinski definition) is 3. The predicted octanol–water partition coefficient (Wildman–Crippen LogP) is 0.343. The summed E-state index contributed by atoms with van der Waals surface area (Å²) in [4.78, 5) is 22.7. The molecule has 1 saturated heterocycles. The van der Waals surface area contributed by atoms with Crippen LogP contribution in [-0.2, 0) is 9.59 Å². The van der Waals surface area contributed by atoms with Crippen molar-refractivity contribution in [3.8, 4) is 6.07 Å². The van der Waals surface area contributed by atoms with Crippen LogP contribution in [0.2, 0.25) is 0 Å². The first-order valence-electron chi connectivity index (χ1n) is 4.45. The first-order chi connectivity index (χ1) is 6.20. The topological polar surface area (TPSA) is 70.0 Å². The molecule has 1 aliphatic heterocycles. The molecule has 1 N–H and O–H groups in total. The maximum Gasteiger partial charge on any atom is 0.245 e. The molecular formula is C9H10N2O2. The molecule has 0 radical (unpaired) electrons. The molecule has 2 rings (SSSR count). The molecule has 1 atom stereocenters. The van der Waals surface area contributed by atoms with E-state index in [-0.39, 0.29) is 5.91 Å². The highest BCUT2D eigenvalue weighted by atomic mass is 16.2. The van der Waals surface area contributed by atoms with Crippen molar-refractivity contribution in [2.45, 2.75) is 25.7 Å². The summed E-state index contributed by atoms with van der Waals surface area (Å²) < 4.78 is 0. The average Bonchev–Trinajstić information content (AvgIpc) is 2.62. The Labute approximate surface area is 75.9 Å². The number of carbonyl (C=O) groups excluding carboxylic acids is 2. The molecule has 1 spiro atoms. The van der Waals surface area contributed by atoms with Crippen molar-refractivity contribution in [3.63, 3.8) is 0 Å². The molecule has 1 unspecified atom stereocenters. The molecule has 2 fully saturated rings. The Morgan fingerprint density at radius 2 is 2.00 bits per heavy atom. The second kappa shape index (κ2) is 2.56. The molecule has 2 amide bonds. The summed E-state index contributed by atoms with van der Waals surface area (Å²) in [6.45, 7) is 0. The van der Waals surface area contributed by atoms with E-state index in [0.29, 0.717) is 12.8 Å². The Balaban J connectivity index is 2.40. The zero-order valence-corrected chi connectivity index (χ0v) is 7.17. The molecule has 1 saturated carbocycles. The maximum atomic E-state index is 11.5. The number of nitrogens with one attached hydrogen (secondary N) is 1. The smallest absolute Gasteiger partial charge is 0.245 e. The monoisotopic (exact) mass is 178 g/mol. The maximum absolute atomic E-state index is 11.5. The first-order valence-corrected chi connectivity index (χ1v) is 4.45. The van der Waals surface area contributed by atoms with Gasteiger partial charge in [0.05, 0.1) is 11.5 Å². The fourth-order valence-electron chi connectivity index (χ4n) is 2.39. The lowest BCUT2D eigenvalue weighted by Crippen LogP contribution is -2.31. The summed E-state index contributed by atoms with van der Waals surface area (Å²) in [7, 11) is 0. The highest BCUT2D eigenvalue weighted by Crippen LogP contribution is 2.47. The SMILES string of the molecule is N#CC1C(=O)NC(=O)C12CCCC2. The van der Waals surface area contributed by atoms with Gasteiger partial charge in [-0.2, -0.15) is 5.26 Å². The van der Waals surface area contributed by atoms with Crippen LogP contribution in [0.1, 0.15) is 25.7 Å². The van der Waals surface area contributed by atoms with E-state index < -0.39 is 17.2 Å². The van der Waals surface area contributed by atoms with Crippen LogP contribution >= 0.6 is 0 Å². The number of carbonyl (C=O) groups is 2. The number of rotatable bonds is 0. The number of nitrogens with zero attached hydrogens (tertiary/aromatic N) is 1. The summed E-state index contributed by atoms with van der Waals surface area (Å²) in [6, 6.07) is 1.94. The summed E-state index contributed by atoms with van der Waals surface area (Å²) in [6.07, 6.45) is 3.25. The minimum atomic E-state index is -0.748. The summed E-state index contributed by atoms with van der Waals surface area (Å²) in [5.74, 6) is -1.39. The van der Waals surface area contributed by atoms with Gasteiger partial charge < -0.3 is 0 Å². The third-order valence-corrected chi connectivity index (χ3v) is 3.13. The van der Waals surface area contributed by atoms with Gasteiger partial charge in [-0.05, 0) is 12.8 Å². The Kier molecular flexibility index (Phi) is 1.62. The third-order valence-electron chi connectivity index (χ3n) is 3.13. The van der Waals surface area contributed by atoms with Crippen molar-refractivity contribution < 1.29 is 9.59 Å². The Hall–Kier alpha value is -1.37. The van der Waals surface area contributed by atoms with E-state index in [0.717, 1.165) is 12.8 Å². The van der Waals surface area contributed by atoms with Crippen molar-refractivity contribution in [1.29, 1.82) is 5.26 Å². The number of amides is 2. The summed E-state index contributed by atoms with van der Waals surface area (Å²) >= 11 is 0. The van der Waals surface area contributed by atoms with Gasteiger partial charge in [0.2, 0.25) is 11.8 Å². The molecule has 2 aliphatic rings. The molecule has 0 bridgehead atoms. The van der Waals surface area contributed by atoms with Crippen LogP contribution in [0, 0.1) is 22.7 Å². The molecule has 0 aromatic heterocycles. The average molecular weight is 178 g/mol. The van der Waals surface area contributed by atoms with Crippen LogP contribution in [0.15, 0.2) is 0 Å². The van der Waals surface area contributed by atoms with Gasteiger partial charge in [0.25, 0.3) is 0 Å². The molecule has 0 aromatic rings. The van der Waals surface area contributed by atoms with E-state index in [1.807, 2.05) is 6.07 Å². The molecule has 13 heavy (non-hydrogen) atoms. The van der Waals surface area contributed by atoms with Crippen LogP contribution in [0.25, 0.3) is 0 Å². The highest BCUT2D eigenvalue weighted by Gasteiger charge is 2.56. The van der Waals surface area contributed by atoms with Gasteiger partial charge in [0, 0.05) is 0 Å². The zero-order chi connectivity index (χ0) is 9.47. The van der Waals surface area contributed by atoms with Crippen molar-refractivity contribution in [2.75, 3.05) is 0 Å². The predicted molar refractivity (Wildman–Crippen MR) is 43.2 cm³/mol. The summed E-state index contributed by atoms with van der Waals surface area (Å²) in [5, 5.41) is 11.1. The van der Waals surface area contributed by atoms with Crippen LogP contribution in [0.5, 0.6) is 0 Å². The van der Waals surface area contributed by atoms with E-state index in [1.54, 1.807) is 0 Å². The lowest BCUT2D eigenvalue weighted by molar-refractivity contribution is -0.128. The van der Waals surface area contributed by atoms with E-state index in [4.69, 9.17) is 5.26 Å². The molecule has 0 aromatic carbocycles. The molecule has 4 heteroatoms. The number of hydrogen-bond donors (Lipinski definition) is 1. The van der Waals surface area contributed by atoms with Crippen LogP contribution in [-0.4, -0.2) is 11.8 Å². The third kappa shape index (κ3) is 0.902. The van der Waals surface area contributed by atoms with E-state index in [2.05, 4.69) is 5.32 Å². The lowest BCUT2D eigenvalue weighted by atomic mass is 9.76. The van der Waals surface area contributed by atoms with Crippen molar-refractivity contribution in [1.82, 2.24) is 5.32 Å². The van der Waals surface area contributed by atoms with Gasteiger partial charge in [-0.25, -0.2) is 0 Å². The zero-order valence-electron chi connectivity index (χ0n) is 7.17. The quantitative estimate of drug-likeness (QED) is 0.544. The van der Waals surface area contributed by atoms with Crippen molar-refractivity contribution >= 4 is 11.8 Å². The van der Waals surface area contributed by atoms with Gasteiger partial charge in [-0.15, -0.1) is 0 Å². The molecule has 4 nitrogen and oxygen atoms in total. The van der Waals surface area contributed by atoms with Crippen molar-refractivity contribution in [3.05, 3.63) is 0 Å². The molecule has 68 valence electrons. The number of nitriles is 1. The fourth-order valence-corrected chi connectivity index (χ4v) is 2.39. The molecular weight excluding hydrogens is 168 g/mol. The van der Waals surface area contributed by atoms with E-state index >= 15 is 0 Å². The Morgan fingerprint density at radius 3 is 2.54 bits per heavy atom. The van der Waals surface area contributed by atoms with Crippen LogP contribution < -0.4 is 5.32 Å². The standard InChI is InChI=1S/C9H10N2O2/c10-5-6-7(12)11-8(13)9(6)3-1-2-4-9/h6H,1-4H2,(H,11,12,13). The number of imide groups is 1. The van der Waals surface area contributed by atoms with E-state index in [1.165, 1.54) is 0 Å². The van der Waals surface area contributed by atoms with Gasteiger partial charge in [-0.3, -0.25) is 14.9 Å². The van der Waals surface area contributed by atoms with E-state index in [9.17, 15) is 9.59 Å². The lowest BCUT2D eigenvalue weighted by Gasteiger charge is -2.20. The minimum Gasteiger partial charge on any atom is -0.295 e. The van der Waals surface area contributed by atoms with Gasteiger partial charge in [0.15, 0.2) is 0 Å². The first kappa shape index (κ1) is 8.24. The van der Waals surface area contributed by atoms with Gasteiger partial charge in [-0.1, -0.05) is 12.8 Å². The van der Waals surface area contributed by atoms with Gasteiger partial charge >= 0.3 is 0 Å². The van der Waals surface area contributed by atoms with Crippen molar-refractivity contribution in [2.24, 2.45) is 11.3 Å². The van der Waals surface area contributed by atoms with Crippen LogP contribution in [0.3, 0.4) is 0 Å².